The Morgan fingerprint density at radius 1 is 1.64 bits per heavy atom. The van der Waals surface area contributed by atoms with E-state index in [0.29, 0.717) is 5.95 Å². The first-order valence-electron chi connectivity index (χ1n) is 3.47. The molecule has 3 nitrogen and oxygen atoms in total. The van der Waals surface area contributed by atoms with Gasteiger partial charge in [0, 0.05) is 18.9 Å². The topological polar surface area (TPSA) is 37.8 Å². The standard InChI is InChI=1S/C7H11N3S/c1-8-7-9-4-2-6(10-7)3-5-11/h2,4,11H,3,5H2,1H3,(H,8,9,10). The molecule has 60 valence electrons. The molecule has 1 aromatic rings. The maximum atomic E-state index is 4.21. The zero-order valence-electron chi connectivity index (χ0n) is 6.41. The van der Waals surface area contributed by atoms with Gasteiger partial charge in [-0.3, -0.25) is 0 Å². The van der Waals surface area contributed by atoms with E-state index in [1.165, 1.54) is 0 Å². The van der Waals surface area contributed by atoms with Crippen LogP contribution in [-0.4, -0.2) is 22.8 Å². The Labute approximate surface area is 71.7 Å². The smallest absolute Gasteiger partial charge is 0.222 e. The van der Waals surface area contributed by atoms with E-state index in [1.54, 1.807) is 13.2 Å². The van der Waals surface area contributed by atoms with Gasteiger partial charge in [-0.25, -0.2) is 9.97 Å². The van der Waals surface area contributed by atoms with Gasteiger partial charge in [0.15, 0.2) is 0 Å². The highest BCUT2D eigenvalue weighted by atomic mass is 32.1. The minimum atomic E-state index is 0.671. The molecule has 0 spiro atoms. The number of hydrogen-bond acceptors (Lipinski definition) is 4. The predicted molar refractivity (Wildman–Crippen MR) is 49.1 cm³/mol. The van der Waals surface area contributed by atoms with Crippen molar-refractivity contribution in [1.82, 2.24) is 9.97 Å². The lowest BCUT2D eigenvalue weighted by Crippen LogP contribution is -1.99. The molecule has 0 aromatic carbocycles. The van der Waals surface area contributed by atoms with Gasteiger partial charge in [0.05, 0.1) is 0 Å². The van der Waals surface area contributed by atoms with Crippen molar-refractivity contribution in [2.24, 2.45) is 0 Å². The Balaban J connectivity index is 2.74. The third-order valence-electron chi connectivity index (χ3n) is 1.30. The number of aromatic nitrogens is 2. The zero-order valence-corrected chi connectivity index (χ0v) is 7.30. The van der Waals surface area contributed by atoms with Crippen molar-refractivity contribution in [3.05, 3.63) is 18.0 Å². The van der Waals surface area contributed by atoms with Crippen molar-refractivity contribution in [2.75, 3.05) is 18.1 Å². The van der Waals surface area contributed by atoms with Crippen LogP contribution in [0.5, 0.6) is 0 Å². The predicted octanol–water partition coefficient (Wildman–Crippen LogP) is 0.991. The van der Waals surface area contributed by atoms with Crippen LogP contribution in [0.1, 0.15) is 5.69 Å². The average molecular weight is 169 g/mol. The van der Waals surface area contributed by atoms with Crippen molar-refractivity contribution >= 4 is 18.6 Å². The molecular weight excluding hydrogens is 158 g/mol. The molecule has 0 aliphatic rings. The van der Waals surface area contributed by atoms with Gasteiger partial charge in [0.1, 0.15) is 0 Å². The summed E-state index contributed by atoms with van der Waals surface area (Å²) in [4.78, 5) is 8.20. The van der Waals surface area contributed by atoms with E-state index in [0.717, 1.165) is 17.9 Å². The number of aryl methyl sites for hydroxylation is 1. The summed E-state index contributed by atoms with van der Waals surface area (Å²) >= 11 is 4.11. The molecule has 0 unspecified atom stereocenters. The average Bonchev–Trinajstić information content (AvgIpc) is 2.06. The first-order valence-corrected chi connectivity index (χ1v) is 4.10. The van der Waals surface area contributed by atoms with Crippen LogP contribution in [0.15, 0.2) is 12.3 Å². The van der Waals surface area contributed by atoms with Gasteiger partial charge in [-0.1, -0.05) is 0 Å². The molecule has 0 saturated heterocycles. The van der Waals surface area contributed by atoms with E-state index in [4.69, 9.17) is 0 Å². The summed E-state index contributed by atoms with van der Waals surface area (Å²) in [6.45, 7) is 0. The van der Waals surface area contributed by atoms with Crippen LogP contribution in [0.2, 0.25) is 0 Å². The van der Waals surface area contributed by atoms with Gasteiger partial charge in [0.25, 0.3) is 0 Å². The van der Waals surface area contributed by atoms with Gasteiger partial charge >= 0.3 is 0 Å². The fourth-order valence-electron chi connectivity index (χ4n) is 0.770. The molecule has 0 fully saturated rings. The molecule has 0 aliphatic carbocycles. The van der Waals surface area contributed by atoms with Crippen LogP contribution in [0, 0.1) is 0 Å². The minimum absolute atomic E-state index is 0.671. The third-order valence-corrected chi connectivity index (χ3v) is 1.53. The monoisotopic (exact) mass is 169 g/mol. The fraction of sp³-hybridized carbons (Fsp3) is 0.429. The Morgan fingerprint density at radius 2 is 2.45 bits per heavy atom. The van der Waals surface area contributed by atoms with Crippen molar-refractivity contribution in [2.45, 2.75) is 6.42 Å². The highest BCUT2D eigenvalue weighted by Gasteiger charge is 1.94. The molecule has 0 amide bonds. The van der Waals surface area contributed by atoms with Gasteiger partial charge in [0.2, 0.25) is 5.95 Å². The summed E-state index contributed by atoms with van der Waals surface area (Å²) in [5, 5.41) is 2.88. The molecule has 4 heteroatoms. The molecule has 0 aliphatic heterocycles. The van der Waals surface area contributed by atoms with Gasteiger partial charge < -0.3 is 5.32 Å². The van der Waals surface area contributed by atoms with Crippen LogP contribution >= 0.6 is 12.6 Å². The van der Waals surface area contributed by atoms with Crippen molar-refractivity contribution in [3.63, 3.8) is 0 Å². The Hall–Kier alpha value is -0.770. The molecular formula is C7H11N3S. The highest BCUT2D eigenvalue weighted by molar-refractivity contribution is 7.80. The van der Waals surface area contributed by atoms with Crippen LogP contribution in [0.25, 0.3) is 0 Å². The first kappa shape index (κ1) is 8.33. The summed E-state index contributed by atoms with van der Waals surface area (Å²) in [6.07, 6.45) is 2.64. The van der Waals surface area contributed by atoms with Crippen LogP contribution in [0.3, 0.4) is 0 Å². The Bertz CT molecular complexity index is 227. The molecule has 0 saturated carbocycles. The summed E-state index contributed by atoms with van der Waals surface area (Å²) < 4.78 is 0. The van der Waals surface area contributed by atoms with Crippen molar-refractivity contribution in [3.8, 4) is 0 Å². The third kappa shape index (κ3) is 2.38. The summed E-state index contributed by atoms with van der Waals surface area (Å²) in [6, 6.07) is 1.90. The number of nitrogens with one attached hydrogen (secondary N) is 1. The highest BCUT2D eigenvalue weighted by Crippen LogP contribution is 2.00. The summed E-state index contributed by atoms with van der Waals surface area (Å²) in [7, 11) is 1.81. The van der Waals surface area contributed by atoms with E-state index in [1.807, 2.05) is 6.07 Å². The molecule has 0 radical (unpaired) electrons. The van der Waals surface area contributed by atoms with Gasteiger partial charge in [-0.05, 0) is 18.2 Å². The zero-order chi connectivity index (χ0) is 8.10. The molecule has 0 bridgehead atoms. The quantitative estimate of drug-likeness (QED) is 0.663. The lowest BCUT2D eigenvalue weighted by Gasteiger charge is -1.99. The maximum absolute atomic E-state index is 4.21. The molecule has 1 aromatic heterocycles. The van der Waals surface area contributed by atoms with Crippen LogP contribution < -0.4 is 5.32 Å². The lowest BCUT2D eigenvalue weighted by atomic mass is 10.3. The lowest BCUT2D eigenvalue weighted by molar-refractivity contribution is 1.01. The SMILES string of the molecule is CNc1nccc(CCS)n1. The van der Waals surface area contributed by atoms with Gasteiger partial charge in [-0.2, -0.15) is 12.6 Å². The number of hydrogen-bond donors (Lipinski definition) is 2. The molecule has 1 rings (SSSR count). The number of nitrogens with zero attached hydrogens (tertiary/aromatic N) is 2. The number of anilines is 1. The molecule has 1 N–H and O–H groups in total. The summed E-state index contributed by atoms with van der Waals surface area (Å²) in [5.41, 5.74) is 1.03. The minimum Gasteiger partial charge on any atom is -0.357 e. The van der Waals surface area contributed by atoms with E-state index in [-0.39, 0.29) is 0 Å². The maximum Gasteiger partial charge on any atom is 0.222 e. The second kappa shape index (κ2) is 4.18. The van der Waals surface area contributed by atoms with Crippen LogP contribution in [-0.2, 0) is 6.42 Å². The number of rotatable bonds is 3. The normalized spacial score (nSPS) is 9.64. The van der Waals surface area contributed by atoms with E-state index in [9.17, 15) is 0 Å². The summed E-state index contributed by atoms with van der Waals surface area (Å²) in [5.74, 6) is 1.49. The number of thiol groups is 1. The van der Waals surface area contributed by atoms with E-state index < -0.39 is 0 Å². The molecule has 11 heavy (non-hydrogen) atoms. The fourth-order valence-corrected chi connectivity index (χ4v) is 0.999. The molecule has 0 atom stereocenters. The first-order chi connectivity index (χ1) is 5.36. The Kier molecular flexibility index (Phi) is 3.16. The second-order valence-corrected chi connectivity index (χ2v) is 2.54. The van der Waals surface area contributed by atoms with Crippen molar-refractivity contribution in [1.29, 1.82) is 0 Å². The molecule has 1 heterocycles. The van der Waals surface area contributed by atoms with E-state index in [2.05, 4.69) is 27.9 Å². The van der Waals surface area contributed by atoms with Gasteiger partial charge in [-0.15, -0.1) is 0 Å². The van der Waals surface area contributed by atoms with E-state index >= 15 is 0 Å². The second-order valence-electron chi connectivity index (χ2n) is 2.10. The Morgan fingerprint density at radius 3 is 3.09 bits per heavy atom. The van der Waals surface area contributed by atoms with Crippen molar-refractivity contribution < 1.29 is 0 Å². The largest absolute Gasteiger partial charge is 0.357 e. The van der Waals surface area contributed by atoms with Crippen LogP contribution in [0.4, 0.5) is 5.95 Å².